The fourth-order valence-electron chi connectivity index (χ4n) is 2.20. The molecule has 0 saturated heterocycles. The van der Waals surface area contributed by atoms with Gasteiger partial charge in [-0.1, -0.05) is 0 Å². The van der Waals surface area contributed by atoms with Crippen molar-refractivity contribution in [2.24, 2.45) is 0 Å². The number of carbonyl (C=O) groups excluding carboxylic acids is 1. The summed E-state index contributed by atoms with van der Waals surface area (Å²) in [5.74, 6) is -0.426. The number of nitrogen functional groups attached to an aromatic ring is 1. The Hall–Kier alpha value is -3.68. The average Bonchev–Trinajstić information content (AvgIpc) is 2.61. The van der Waals surface area contributed by atoms with Gasteiger partial charge in [-0.25, -0.2) is 4.79 Å². The fraction of sp³-hybridized carbons (Fsp3) is 0.0588. The molecule has 0 spiro atoms. The molecular weight excluding hydrogens is 324 g/mol. The van der Waals surface area contributed by atoms with Crippen LogP contribution in [0.1, 0.15) is 10.4 Å². The van der Waals surface area contributed by atoms with E-state index < -0.39 is 5.97 Å². The maximum Gasteiger partial charge on any atom is 0.335 e. The number of amides is 1. The lowest BCUT2D eigenvalue weighted by Crippen LogP contribution is -2.25. The van der Waals surface area contributed by atoms with E-state index in [1.54, 1.807) is 30.5 Å². The molecule has 0 radical (unpaired) electrons. The van der Waals surface area contributed by atoms with Gasteiger partial charge in [0, 0.05) is 18.1 Å². The van der Waals surface area contributed by atoms with Crippen molar-refractivity contribution >= 4 is 34.3 Å². The molecule has 8 nitrogen and oxygen atoms in total. The van der Waals surface area contributed by atoms with Crippen LogP contribution in [0.25, 0.3) is 11.0 Å². The van der Waals surface area contributed by atoms with E-state index in [0.29, 0.717) is 28.2 Å². The Morgan fingerprint density at radius 1 is 1.12 bits per heavy atom. The van der Waals surface area contributed by atoms with Crippen molar-refractivity contribution in [3.63, 3.8) is 0 Å². The van der Waals surface area contributed by atoms with E-state index in [4.69, 9.17) is 15.6 Å². The summed E-state index contributed by atoms with van der Waals surface area (Å²) in [6.45, 7) is 0.0803. The Morgan fingerprint density at radius 2 is 1.88 bits per heavy atom. The van der Waals surface area contributed by atoms with Crippen molar-refractivity contribution in [1.29, 1.82) is 0 Å². The number of nitrogens with zero attached hydrogens (tertiary/aromatic N) is 2. The predicted octanol–water partition coefficient (Wildman–Crippen LogP) is 1.93. The van der Waals surface area contributed by atoms with E-state index in [0.717, 1.165) is 0 Å². The molecule has 2 aromatic carbocycles. The summed E-state index contributed by atoms with van der Waals surface area (Å²) in [5.41, 5.74) is 8.31. The maximum absolute atomic E-state index is 10.9. The van der Waals surface area contributed by atoms with E-state index in [-0.39, 0.29) is 18.1 Å². The van der Waals surface area contributed by atoms with Crippen LogP contribution >= 0.6 is 0 Å². The molecule has 0 atom stereocenters. The smallest absolute Gasteiger partial charge is 0.335 e. The van der Waals surface area contributed by atoms with Crippen LogP contribution in [0.3, 0.4) is 0 Å². The number of nitrogens with two attached hydrogens (primary N) is 1. The topological polar surface area (TPSA) is 127 Å². The van der Waals surface area contributed by atoms with Gasteiger partial charge in [0.15, 0.2) is 6.61 Å². The van der Waals surface area contributed by atoms with Gasteiger partial charge >= 0.3 is 5.97 Å². The van der Waals surface area contributed by atoms with Crippen molar-refractivity contribution in [2.45, 2.75) is 0 Å². The first-order valence-electron chi connectivity index (χ1n) is 7.29. The Morgan fingerprint density at radius 3 is 2.64 bits per heavy atom. The van der Waals surface area contributed by atoms with Crippen LogP contribution in [-0.2, 0) is 4.79 Å². The van der Waals surface area contributed by atoms with Gasteiger partial charge in [-0.2, -0.15) is 0 Å². The van der Waals surface area contributed by atoms with E-state index in [1.807, 2.05) is 0 Å². The monoisotopic (exact) mass is 338 g/mol. The molecule has 25 heavy (non-hydrogen) atoms. The Labute approximate surface area is 142 Å². The minimum atomic E-state index is -0.951. The van der Waals surface area contributed by atoms with Crippen LogP contribution in [-0.4, -0.2) is 33.6 Å². The van der Waals surface area contributed by atoms with Crippen molar-refractivity contribution in [2.75, 3.05) is 17.7 Å². The molecule has 0 fully saturated rings. The quantitative estimate of drug-likeness (QED) is 0.578. The summed E-state index contributed by atoms with van der Waals surface area (Å²) in [6, 6.07) is 9.81. The second-order valence-electron chi connectivity index (χ2n) is 5.16. The molecule has 4 N–H and O–H groups in total. The number of hydrogen-bond acceptors (Lipinski definition) is 6. The summed E-state index contributed by atoms with van der Waals surface area (Å²) < 4.78 is 5.12. The van der Waals surface area contributed by atoms with E-state index in [9.17, 15) is 9.59 Å². The van der Waals surface area contributed by atoms with Crippen LogP contribution in [0.5, 0.6) is 5.75 Å². The third-order valence-corrected chi connectivity index (χ3v) is 3.35. The number of carboxylic acids is 1. The molecule has 2 heterocycles. The number of hydrogen-bond donors (Lipinski definition) is 3. The first-order valence-corrected chi connectivity index (χ1v) is 7.29. The normalized spacial score (nSPS) is 12.2. The first-order chi connectivity index (χ1) is 12.0. The van der Waals surface area contributed by atoms with Crippen LogP contribution in [0.4, 0.5) is 11.4 Å². The number of aromatic nitrogens is 2. The molecule has 3 aromatic rings. The van der Waals surface area contributed by atoms with Crippen molar-refractivity contribution in [1.82, 2.24) is 9.97 Å². The van der Waals surface area contributed by atoms with Crippen molar-refractivity contribution in [3.8, 4) is 5.75 Å². The number of nitrogens with one attached hydrogen (secondary N) is 1. The summed E-state index contributed by atoms with van der Waals surface area (Å²) in [5, 5.41) is 11.4. The van der Waals surface area contributed by atoms with E-state index in [1.165, 1.54) is 18.3 Å². The number of carbonyl (C=O) groups is 2. The minimum Gasteiger partial charge on any atom is -0.482 e. The van der Waals surface area contributed by atoms with Crippen LogP contribution in [0, 0.1) is 0 Å². The second-order valence-corrected chi connectivity index (χ2v) is 5.16. The highest BCUT2D eigenvalue weighted by Gasteiger charge is 2.14. The number of anilines is 2. The van der Waals surface area contributed by atoms with Gasteiger partial charge in [-0.15, -0.1) is 0 Å². The summed E-state index contributed by atoms with van der Waals surface area (Å²) >= 11 is 0. The van der Waals surface area contributed by atoms with Gasteiger partial charge in [0.05, 0.1) is 22.3 Å². The highest BCUT2D eigenvalue weighted by Crippen LogP contribution is 2.28. The van der Waals surface area contributed by atoms with E-state index in [2.05, 4.69) is 15.3 Å². The Kier molecular flexibility index (Phi) is 4.42. The number of benzene rings is 2. The lowest BCUT2D eigenvalue weighted by atomic mass is 10.2. The number of carboxylic acid groups (broad SMARTS) is 1. The Balaban J connectivity index is 0.000000146. The van der Waals surface area contributed by atoms with Gasteiger partial charge in [-0.3, -0.25) is 14.8 Å². The molecule has 126 valence electrons. The molecule has 1 aliphatic rings. The van der Waals surface area contributed by atoms with Crippen LogP contribution < -0.4 is 15.8 Å². The number of rotatable bonds is 1. The summed E-state index contributed by atoms with van der Waals surface area (Å²) in [7, 11) is 0. The standard InChI is InChI=1S/C9H6N2O2.C8H8N2O2/c12-9(13)6-1-2-7-8(5-6)11-4-3-10-7;9-5-1-2-7-6(3-5)10-8(11)4-12-7/h1-5H,(H,12,13);1-3H,4,9H2,(H,10,11). The molecular formula is C17H14N4O4. The zero-order valence-corrected chi connectivity index (χ0v) is 13.0. The van der Waals surface area contributed by atoms with Crippen LogP contribution in [0.15, 0.2) is 48.8 Å². The molecule has 4 rings (SSSR count). The van der Waals surface area contributed by atoms with Crippen LogP contribution in [0.2, 0.25) is 0 Å². The zero-order valence-electron chi connectivity index (χ0n) is 13.0. The molecule has 0 bridgehead atoms. The third-order valence-electron chi connectivity index (χ3n) is 3.35. The molecule has 1 aromatic heterocycles. The van der Waals surface area contributed by atoms with E-state index >= 15 is 0 Å². The van der Waals surface area contributed by atoms with Gasteiger partial charge in [0.1, 0.15) is 5.75 Å². The molecule has 0 aliphatic carbocycles. The molecule has 0 saturated carbocycles. The highest BCUT2D eigenvalue weighted by atomic mass is 16.5. The van der Waals surface area contributed by atoms with Crippen molar-refractivity contribution < 1.29 is 19.4 Å². The summed E-state index contributed by atoms with van der Waals surface area (Å²) in [4.78, 5) is 29.5. The van der Waals surface area contributed by atoms with Gasteiger partial charge in [-0.05, 0) is 36.4 Å². The molecule has 1 aliphatic heterocycles. The fourth-order valence-corrected chi connectivity index (χ4v) is 2.20. The Bertz CT molecular complexity index is 958. The highest BCUT2D eigenvalue weighted by molar-refractivity contribution is 5.96. The second kappa shape index (κ2) is 6.83. The number of ether oxygens (including phenoxy) is 1. The predicted molar refractivity (Wildman–Crippen MR) is 91.5 cm³/mol. The van der Waals surface area contributed by atoms with Gasteiger partial charge in [0.25, 0.3) is 5.91 Å². The lowest BCUT2D eigenvalue weighted by molar-refractivity contribution is -0.118. The first kappa shape index (κ1) is 16.2. The molecule has 0 unspecified atom stereocenters. The lowest BCUT2D eigenvalue weighted by Gasteiger charge is -2.17. The number of fused-ring (bicyclic) bond motifs is 2. The summed E-state index contributed by atoms with van der Waals surface area (Å²) in [6.07, 6.45) is 3.11. The number of aromatic carboxylic acids is 1. The largest absolute Gasteiger partial charge is 0.482 e. The third kappa shape index (κ3) is 3.81. The average molecular weight is 338 g/mol. The van der Waals surface area contributed by atoms with Gasteiger partial charge < -0.3 is 20.9 Å². The molecule has 1 amide bonds. The molecule has 8 heteroatoms. The maximum atomic E-state index is 10.9. The SMILES string of the molecule is Nc1ccc2c(c1)NC(=O)CO2.O=C(O)c1ccc2nccnc2c1. The van der Waals surface area contributed by atoms with Crippen molar-refractivity contribution in [3.05, 3.63) is 54.4 Å². The zero-order chi connectivity index (χ0) is 17.8. The minimum absolute atomic E-state index is 0.0803. The van der Waals surface area contributed by atoms with Gasteiger partial charge in [0.2, 0.25) is 0 Å².